The number of aromatic nitrogens is 2. The van der Waals surface area contributed by atoms with Gasteiger partial charge in [0.1, 0.15) is 18.6 Å². The van der Waals surface area contributed by atoms with Gasteiger partial charge in [0.15, 0.2) is 0 Å². The Morgan fingerprint density at radius 3 is 2.48 bits per heavy atom. The molecule has 0 amide bonds. The Morgan fingerprint density at radius 1 is 1.07 bits per heavy atom. The molecule has 1 atom stereocenters. The molecular weight excluding hydrogens is 338 g/mol. The topological polar surface area (TPSA) is 50.5 Å². The molecule has 0 aliphatic carbocycles. The van der Waals surface area contributed by atoms with Crippen molar-refractivity contribution in [1.29, 1.82) is 0 Å². The van der Waals surface area contributed by atoms with Crippen LogP contribution in [0, 0.1) is 0 Å². The lowest BCUT2D eigenvalue weighted by molar-refractivity contribution is -0.0356. The molecule has 5 heteroatoms. The number of fused-ring (bicyclic) bond motifs is 1. The normalized spacial score (nSPS) is 15.3. The lowest BCUT2D eigenvalue weighted by Gasteiger charge is -2.31. The molecule has 0 spiro atoms. The number of hydrogen-bond acceptors (Lipinski definition) is 4. The number of hydrogen-bond donors (Lipinski definition) is 1. The first-order chi connectivity index (χ1) is 13.3. The van der Waals surface area contributed by atoms with E-state index in [9.17, 15) is 5.11 Å². The molecule has 4 rings (SSSR count). The van der Waals surface area contributed by atoms with Crippen molar-refractivity contribution < 1.29 is 9.84 Å². The van der Waals surface area contributed by atoms with Crippen LogP contribution in [0.5, 0.6) is 5.75 Å². The standard InChI is InChI=1S/C22H25N3O2/c1-2-25-20-13-14-24(21(26)16-27-18-11-7-4-8-12-18)15-19(20)22(23-25)17-9-5-3-6-10-17/h3-12,21,26H,2,13-16H2,1H3. The van der Waals surface area contributed by atoms with Crippen LogP contribution in [0.4, 0.5) is 0 Å². The molecule has 1 N–H and O–H groups in total. The Labute approximate surface area is 159 Å². The largest absolute Gasteiger partial charge is 0.489 e. The molecule has 1 aliphatic rings. The minimum absolute atomic E-state index is 0.252. The smallest absolute Gasteiger partial charge is 0.142 e. The van der Waals surface area contributed by atoms with Gasteiger partial charge in [-0.05, 0) is 19.1 Å². The number of aryl methyl sites for hydroxylation is 1. The van der Waals surface area contributed by atoms with Gasteiger partial charge in [0.05, 0.1) is 5.69 Å². The van der Waals surface area contributed by atoms with Crippen molar-refractivity contribution in [3.63, 3.8) is 0 Å². The maximum Gasteiger partial charge on any atom is 0.142 e. The average molecular weight is 363 g/mol. The first kappa shape index (κ1) is 17.8. The van der Waals surface area contributed by atoms with Crippen LogP contribution in [0.15, 0.2) is 60.7 Å². The molecule has 0 fully saturated rings. The van der Waals surface area contributed by atoms with E-state index in [0.29, 0.717) is 6.54 Å². The molecule has 27 heavy (non-hydrogen) atoms. The van der Waals surface area contributed by atoms with Crippen LogP contribution in [0.25, 0.3) is 11.3 Å². The zero-order valence-corrected chi connectivity index (χ0v) is 15.6. The molecule has 3 aromatic rings. The molecular formula is C22H25N3O2. The summed E-state index contributed by atoms with van der Waals surface area (Å²) in [5, 5.41) is 15.5. The van der Waals surface area contributed by atoms with Crippen molar-refractivity contribution in [3.8, 4) is 17.0 Å². The Hall–Kier alpha value is -2.63. The number of ether oxygens (including phenoxy) is 1. The van der Waals surface area contributed by atoms with E-state index in [0.717, 1.165) is 36.5 Å². The summed E-state index contributed by atoms with van der Waals surface area (Å²) < 4.78 is 7.84. The van der Waals surface area contributed by atoms with E-state index in [1.165, 1.54) is 11.3 Å². The Balaban J connectivity index is 1.52. The zero-order chi connectivity index (χ0) is 18.6. The van der Waals surface area contributed by atoms with Crippen LogP contribution in [-0.4, -0.2) is 39.2 Å². The molecule has 2 heterocycles. The predicted octanol–water partition coefficient (Wildman–Crippen LogP) is 3.33. The van der Waals surface area contributed by atoms with Crippen molar-refractivity contribution >= 4 is 0 Å². The number of para-hydroxylation sites is 1. The third-order valence-electron chi connectivity index (χ3n) is 5.07. The van der Waals surface area contributed by atoms with Gasteiger partial charge in [-0.2, -0.15) is 5.10 Å². The highest BCUT2D eigenvalue weighted by molar-refractivity contribution is 5.64. The van der Waals surface area contributed by atoms with E-state index >= 15 is 0 Å². The van der Waals surface area contributed by atoms with Gasteiger partial charge in [-0.25, -0.2) is 0 Å². The van der Waals surface area contributed by atoms with E-state index in [2.05, 4.69) is 28.6 Å². The second-order valence-electron chi connectivity index (χ2n) is 6.78. The summed E-state index contributed by atoms with van der Waals surface area (Å²) in [7, 11) is 0. The molecule has 0 saturated carbocycles. The molecule has 5 nitrogen and oxygen atoms in total. The second kappa shape index (κ2) is 7.94. The number of rotatable bonds is 6. The van der Waals surface area contributed by atoms with Gasteiger partial charge in [-0.1, -0.05) is 48.5 Å². The molecule has 0 saturated heterocycles. The summed E-state index contributed by atoms with van der Waals surface area (Å²) >= 11 is 0. The quantitative estimate of drug-likeness (QED) is 0.730. The van der Waals surface area contributed by atoms with E-state index in [1.807, 2.05) is 48.5 Å². The first-order valence-electron chi connectivity index (χ1n) is 9.50. The lowest BCUT2D eigenvalue weighted by Crippen LogP contribution is -2.42. The van der Waals surface area contributed by atoms with E-state index in [1.54, 1.807) is 0 Å². The third kappa shape index (κ3) is 3.75. The second-order valence-corrected chi connectivity index (χ2v) is 6.78. The highest BCUT2D eigenvalue weighted by atomic mass is 16.5. The lowest BCUT2D eigenvalue weighted by atomic mass is 10.0. The highest BCUT2D eigenvalue weighted by Gasteiger charge is 2.28. The first-order valence-corrected chi connectivity index (χ1v) is 9.50. The maximum atomic E-state index is 10.7. The van der Waals surface area contributed by atoms with Crippen molar-refractivity contribution in [2.45, 2.75) is 32.7 Å². The van der Waals surface area contributed by atoms with Gasteiger partial charge in [0, 0.05) is 42.9 Å². The van der Waals surface area contributed by atoms with Crippen LogP contribution in [0.3, 0.4) is 0 Å². The molecule has 0 bridgehead atoms. The summed E-state index contributed by atoms with van der Waals surface area (Å²) in [5.74, 6) is 0.776. The van der Waals surface area contributed by atoms with Gasteiger partial charge in [0.2, 0.25) is 0 Å². The fourth-order valence-corrected chi connectivity index (χ4v) is 3.65. The highest BCUT2D eigenvalue weighted by Crippen LogP contribution is 2.30. The number of aliphatic hydroxyl groups excluding tert-OH is 1. The zero-order valence-electron chi connectivity index (χ0n) is 15.6. The molecule has 140 valence electrons. The summed E-state index contributed by atoms with van der Waals surface area (Å²) in [6, 6.07) is 19.9. The van der Waals surface area contributed by atoms with E-state index < -0.39 is 6.23 Å². The third-order valence-corrected chi connectivity index (χ3v) is 5.07. The maximum absolute atomic E-state index is 10.7. The summed E-state index contributed by atoms with van der Waals surface area (Å²) in [6.45, 7) is 4.71. The van der Waals surface area contributed by atoms with Gasteiger partial charge in [0.25, 0.3) is 0 Å². The SMILES string of the molecule is CCn1nc(-c2ccccc2)c2c1CCN(C(O)COc1ccccc1)C2. The summed E-state index contributed by atoms with van der Waals surface area (Å²) in [5.41, 5.74) is 4.64. The van der Waals surface area contributed by atoms with Crippen molar-refractivity contribution in [3.05, 3.63) is 71.9 Å². The number of nitrogens with zero attached hydrogens (tertiary/aromatic N) is 3. The van der Waals surface area contributed by atoms with Gasteiger partial charge < -0.3 is 9.84 Å². The molecule has 1 aromatic heterocycles. The van der Waals surface area contributed by atoms with Crippen molar-refractivity contribution in [2.75, 3.05) is 13.2 Å². The number of aliphatic hydroxyl groups is 1. The summed E-state index contributed by atoms with van der Waals surface area (Å²) in [6.07, 6.45) is 0.234. The van der Waals surface area contributed by atoms with Crippen LogP contribution >= 0.6 is 0 Å². The van der Waals surface area contributed by atoms with Crippen molar-refractivity contribution in [2.24, 2.45) is 0 Å². The molecule has 1 unspecified atom stereocenters. The Morgan fingerprint density at radius 2 is 1.78 bits per heavy atom. The molecule has 1 aliphatic heterocycles. The Bertz CT molecular complexity index is 877. The predicted molar refractivity (Wildman–Crippen MR) is 105 cm³/mol. The van der Waals surface area contributed by atoms with E-state index in [-0.39, 0.29) is 6.61 Å². The summed E-state index contributed by atoms with van der Waals surface area (Å²) in [4.78, 5) is 2.07. The monoisotopic (exact) mass is 363 g/mol. The van der Waals surface area contributed by atoms with Crippen LogP contribution in [0.2, 0.25) is 0 Å². The number of benzene rings is 2. The fraction of sp³-hybridized carbons (Fsp3) is 0.318. The van der Waals surface area contributed by atoms with E-state index in [4.69, 9.17) is 9.84 Å². The van der Waals surface area contributed by atoms with Crippen molar-refractivity contribution in [1.82, 2.24) is 14.7 Å². The minimum atomic E-state index is -0.646. The van der Waals surface area contributed by atoms with Gasteiger partial charge in [-0.15, -0.1) is 0 Å². The van der Waals surface area contributed by atoms with Crippen LogP contribution in [-0.2, 0) is 19.5 Å². The fourth-order valence-electron chi connectivity index (χ4n) is 3.65. The van der Waals surface area contributed by atoms with Gasteiger partial charge in [-0.3, -0.25) is 9.58 Å². The minimum Gasteiger partial charge on any atom is -0.489 e. The van der Waals surface area contributed by atoms with Crippen LogP contribution in [0.1, 0.15) is 18.2 Å². The average Bonchev–Trinajstić information content (AvgIpc) is 3.11. The van der Waals surface area contributed by atoms with Crippen LogP contribution < -0.4 is 4.74 Å². The molecule has 2 aromatic carbocycles. The Kier molecular flexibility index (Phi) is 5.23. The molecule has 0 radical (unpaired) electrons. The van der Waals surface area contributed by atoms with Gasteiger partial charge >= 0.3 is 0 Å².